The third-order valence-corrected chi connectivity index (χ3v) is 2.63. The van der Waals surface area contributed by atoms with Crippen LogP contribution in [0.2, 0.25) is 0 Å². The Morgan fingerprint density at radius 1 is 1.38 bits per heavy atom. The van der Waals surface area contributed by atoms with Gasteiger partial charge in [0.25, 0.3) is 0 Å². The van der Waals surface area contributed by atoms with Crippen LogP contribution in [0.15, 0.2) is 28.7 Å². The van der Waals surface area contributed by atoms with E-state index in [0.29, 0.717) is 6.42 Å². The number of hydrogen-bond donors (Lipinski definition) is 1. The van der Waals surface area contributed by atoms with Crippen molar-refractivity contribution in [2.75, 3.05) is 6.54 Å². The Hall–Kier alpha value is -0.670. The van der Waals surface area contributed by atoms with E-state index in [2.05, 4.69) is 15.9 Å². The van der Waals surface area contributed by atoms with Crippen LogP contribution in [-0.4, -0.2) is 12.3 Å². The van der Waals surface area contributed by atoms with Crippen LogP contribution < -0.4 is 5.73 Å². The highest BCUT2D eigenvalue weighted by Crippen LogP contribution is 2.17. The zero-order chi connectivity index (χ0) is 9.68. The van der Waals surface area contributed by atoms with Crippen molar-refractivity contribution in [1.29, 1.82) is 0 Å². The summed E-state index contributed by atoms with van der Waals surface area (Å²) in [5.41, 5.74) is 6.37. The number of ketones is 1. The van der Waals surface area contributed by atoms with Gasteiger partial charge in [0.2, 0.25) is 0 Å². The highest BCUT2D eigenvalue weighted by atomic mass is 79.9. The fourth-order valence-electron chi connectivity index (χ4n) is 1.08. The van der Waals surface area contributed by atoms with Gasteiger partial charge in [-0.15, -0.1) is 0 Å². The monoisotopic (exact) mass is 241 g/mol. The predicted octanol–water partition coefficient (Wildman–Crippen LogP) is 1.91. The number of Topliss-reactive ketones (excluding diaryl/α,β-unsaturated/α-hetero) is 1. The van der Waals surface area contributed by atoms with Crippen LogP contribution in [0.1, 0.15) is 12.0 Å². The molecule has 1 aromatic carbocycles. The van der Waals surface area contributed by atoms with Gasteiger partial charge in [-0.1, -0.05) is 34.1 Å². The zero-order valence-corrected chi connectivity index (χ0v) is 8.88. The van der Waals surface area contributed by atoms with Gasteiger partial charge in [0.05, 0.1) is 6.54 Å². The van der Waals surface area contributed by atoms with Crippen molar-refractivity contribution in [2.45, 2.75) is 12.8 Å². The van der Waals surface area contributed by atoms with E-state index < -0.39 is 0 Å². The van der Waals surface area contributed by atoms with Gasteiger partial charge in [0.15, 0.2) is 0 Å². The standard InChI is InChI=1S/C10H12BrNO/c11-10-4-2-1-3-8(10)5-6-9(13)7-12/h1-4H,5-7,12H2. The smallest absolute Gasteiger partial charge is 0.146 e. The van der Waals surface area contributed by atoms with Gasteiger partial charge < -0.3 is 5.73 Å². The number of hydrogen-bond acceptors (Lipinski definition) is 2. The second kappa shape index (κ2) is 5.14. The molecule has 0 saturated carbocycles. The van der Waals surface area contributed by atoms with E-state index in [4.69, 9.17) is 5.73 Å². The minimum Gasteiger partial charge on any atom is -0.324 e. The van der Waals surface area contributed by atoms with Crippen molar-refractivity contribution in [3.8, 4) is 0 Å². The Morgan fingerprint density at radius 2 is 2.08 bits per heavy atom. The molecule has 0 aromatic heterocycles. The second-order valence-electron chi connectivity index (χ2n) is 2.83. The molecule has 70 valence electrons. The molecule has 0 spiro atoms. The summed E-state index contributed by atoms with van der Waals surface area (Å²) >= 11 is 3.43. The minimum absolute atomic E-state index is 0.107. The summed E-state index contributed by atoms with van der Waals surface area (Å²) in [6.07, 6.45) is 1.29. The Kier molecular flexibility index (Phi) is 4.12. The first-order chi connectivity index (χ1) is 6.24. The number of rotatable bonds is 4. The molecule has 0 aliphatic carbocycles. The maximum Gasteiger partial charge on any atom is 0.146 e. The topological polar surface area (TPSA) is 43.1 Å². The molecule has 0 bridgehead atoms. The lowest BCUT2D eigenvalue weighted by atomic mass is 10.1. The molecule has 3 heteroatoms. The van der Waals surface area contributed by atoms with Crippen molar-refractivity contribution in [2.24, 2.45) is 5.73 Å². The van der Waals surface area contributed by atoms with Crippen molar-refractivity contribution >= 4 is 21.7 Å². The highest BCUT2D eigenvalue weighted by Gasteiger charge is 2.02. The summed E-state index contributed by atoms with van der Waals surface area (Å²) in [5.74, 6) is 0.107. The second-order valence-corrected chi connectivity index (χ2v) is 3.69. The van der Waals surface area contributed by atoms with Crippen molar-refractivity contribution in [1.82, 2.24) is 0 Å². The maximum atomic E-state index is 11.0. The van der Waals surface area contributed by atoms with E-state index >= 15 is 0 Å². The first-order valence-electron chi connectivity index (χ1n) is 4.19. The molecule has 0 aliphatic heterocycles. The Morgan fingerprint density at radius 3 is 2.69 bits per heavy atom. The number of aryl methyl sites for hydroxylation is 1. The number of carbonyl (C=O) groups excluding carboxylic acids is 1. The van der Waals surface area contributed by atoms with E-state index in [9.17, 15) is 4.79 Å². The molecule has 0 saturated heterocycles. The number of halogens is 1. The lowest BCUT2D eigenvalue weighted by Crippen LogP contribution is -2.13. The quantitative estimate of drug-likeness (QED) is 0.876. The van der Waals surface area contributed by atoms with Crippen LogP contribution in [0, 0.1) is 0 Å². The molecule has 0 amide bonds. The first kappa shape index (κ1) is 10.4. The van der Waals surface area contributed by atoms with Crippen LogP contribution in [0.3, 0.4) is 0 Å². The van der Waals surface area contributed by atoms with Gasteiger partial charge in [-0.2, -0.15) is 0 Å². The lowest BCUT2D eigenvalue weighted by Gasteiger charge is -2.02. The molecule has 0 unspecified atom stereocenters. The SMILES string of the molecule is NCC(=O)CCc1ccccc1Br. The van der Waals surface area contributed by atoms with Crippen molar-refractivity contribution in [3.05, 3.63) is 34.3 Å². The van der Waals surface area contributed by atoms with E-state index in [-0.39, 0.29) is 12.3 Å². The fourth-order valence-corrected chi connectivity index (χ4v) is 1.56. The normalized spacial score (nSPS) is 10.0. The van der Waals surface area contributed by atoms with E-state index in [1.54, 1.807) is 0 Å². The molecule has 13 heavy (non-hydrogen) atoms. The number of carbonyl (C=O) groups is 1. The molecule has 0 atom stereocenters. The van der Waals surface area contributed by atoms with Gasteiger partial charge in [0, 0.05) is 10.9 Å². The molecule has 0 radical (unpaired) electrons. The molecule has 0 heterocycles. The molecule has 0 fully saturated rings. The van der Waals surface area contributed by atoms with Crippen LogP contribution >= 0.6 is 15.9 Å². The lowest BCUT2D eigenvalue weighted by molar-refractivity contribution is -0.117. The Labute approximate surface area is 86.3 Å². The van der Waals surface area contributed by atoms with Crippen LogP contribution in [-0.2, 0) is 11.2 Å². The first-order valence-corrected chi connectivity index (χ1v) is 4.98. The van der Waals surface area contributed by atoms with Crippen molar-refractivity contribution < 1.29 is 4.79 Å². The highest BCUT2D eigenvalue weighted by molar-refractivity contribution is 9.10. The minimum atomic E-state index is 0.107. The van der Waals surface area contributed by atoms with Gasteiger partial charge in [-0.25, -0.2) is 0 Å². The third-order valence-electron chi connectivity index (χ3n) is 1.86. The van der Waals surface area contributed by atoms with E-state index in [1.165, 1.54) is 0 Å². The number of benzene rings is 1. The molecule has 1 rings (SSSR count). The summed E-state index contributed by atoms with van der Waals surface area (Å²) in [5, 5.41) is 0. The summed E-state index contributed by atoms with van der Waals surface area (Å²) in [6.45, 7) is 0.143. The molecular formula is C10H12BrNO. The zero-order valence-electron chi connectivity index (χ0n) is 7.29. The van der Waals surface area contributed by atoms with Gasteiger partial charge >= 0.3 is 0 Å². The van der Waals surface area contributed by atoms with E-state index in [0.717, 1.165) is 16.5 Å². The summed E-state index contributed by atoms with van der Waals surface area (Å²) in [7, 11) is 0. The summed E-state index contributed by atoms with van der Waals surface area (Å²) < 4.78 is 1.06. The van der Waals surface area contributed by atoms with Crippen molar-refractivity contribution in [3.63, 3.8) is 0 Å². The summed E-state index contributed by atoms with van der Waals surface area (Å²) in [4.78, 5) is 11.0. The fraction of sp³-hybridized carbons (Fsp3) is 0.300. The van der Waals surface area contributed by atoms with Gasteiger partial charge in [-0.3, -0.25) is 4.79 Å². The van der Waals surface area contributed by atoms with E-state index in [1.807, 2.05) is 24.3 Å². The maximum absolute atomic E-state index is 11.0. The van der Waals surface area contributed by atoms with Crippen LogP contribution in [0.5, 0.6) is 0 Å². The molecule has 0 aliphatic rings. The van der Waals surface area contributed by atoms with Gasteiger partial charge in [-0.05, 0) is 18.1 Å². The predicted molar refractivity (Wildman–Crippen MR) is 56.5 cm³/mol. The number of nitrogens with two attached hydrogens (primary N) is 1. The van der Waals surface area contributed by atoms with Gasteiger partial charge in [0.1, 0.15) is 5.78 Å². The Balaban J connectivity index is 2.54. The average molecular weight is 242 g/mol. The molecule has 2 N–H and O–H groups in total. The molecule has 1 aromatic rings. The largest absolute Gasteiger partial charge is 0.324 e. The molecule has 2 nitrogen and oxygen atoms in total. The summed E-state index contributed by atoms with van der Waals surface area (Å²) in [6, 6.07) is 7.90. The average Bonchev–Trinajstić information content (AvgIpc) is 2.16. The van der Waals surface area contributed by atoms with Crippen LogP contribution in [0.4, 0.5) is 0 Å². The third kappa shape index (κ3) is 3.28. The van der Waals surface area contributed by atoms with Crippen LogP contribution in [0.25, 0.3) is 0 Å². The Bertz CT molecular complexity index is 299. The molecular weight excluding hydrogens is 230 g/mol.